The number of nitrogens with two attached hydrogens (primary N) is 1. The normalized spacial score (nSPS) is 16.5. The second-order valence-corrected chi connectivity index (χ2v) is 6.52. The number of hydrogen-bond donors (Lipinski definition) is 2. The van der Waals surface area contributed by atoms with E-state index in [4.69, 9.17) is 10.3 Å². The summed E-state index contributed by atoms with van der Waals surface area (Å²) in [5, 5.41) is 7.04. The lowest BCUT2D eigenvalue weighted by Crippen LogP contribution is -2.52. The lowest BCUT2D eigenvalue weighted by atomic mass is 9.98. The van der Waals surface area contributed by atoms with Gasteiger partial charge in [-0.3, -0.25) is 4.79 Å². The minimum absolute atomic E-state index is 0. The minimum Gasteiger partial charge on any atom is -0.361 e. The number of hydrogen-bond acceptors (Lipinski definition) is 5. The number of nitrogens with zero attached hydrogens (tertiary/aromatic N) is 1. The zero-order valence-electron chi connectivity index (χ0n) is 12.6. The molecule has 0 spiro atoms. The molecule has 120 valence electrons. The van der Waals surface area contributed by atoms with Crippen LogP contribution in [0.3, 0.4) is 0 Å². The van der Waals surface area contributed by atoms with Crippen LogP contribution in [-0.4, -0.2) is 28.9 Å². The highest BCUT2D eigenvalue weighted by Gasteiger charge is 2.33. The molecule has 5 nitrogen and oxygen atoms in total. The van der Waals surface area contributed by atoms with Gasteiger partial charge in [-0.2, -0.15) is 0 Å². The van der Waals surface area contributed by atoms with Gasteiger partial charge in [-0.15, -0.1) is 24.2 Å². The van der Waals surface area contributed by atoms with Crippen molar-refractivity contribution >= 4 is 30.1 Å². The Bertz CT molecular complexity index is 453. The van der Waals surface area contributed by atoms with Gasteiger partial charge < -0.3 is 15.6 Å². The molecule has 0 saturated heterocycles. The molecule has 21 heavy (non-hydrogen) atoms. The third-order valence-electron chi connectivity index (χ3n) is 4.02. The van der Waals surface area contributed by atoms with E-state index in [9.17, 15) is 4.79 Å². The summed E-state index contributed by atoms with van der Waals surface area (Å²) < 4.78 is 5.11. The molecule has 1 aromatic rings. The van der Waals surface area contributed by atoms with Crippen LogP contribution in [0.5, 0.6) is 0 Å². The van der Waals surface area contributed by atoms with Crippen LogP contribution in [-0.2, 0) is 10.5 Å². The Balaban J connectivity index is 0.00000220. The second kappa shape index (κ2) is 8.06. The van der Waals surface area contributed by atoms with Crippen molar-refractivity contribution < 1.29 is 9.32 Å². The molecule has 1 amide bonds. The molecule has 1 aromatic heterocycles. The van der Waals surface area contributed by atoms with Crippen molar-refractivity contribution in [2.75, 3.05) is 12.3 Å². The summed E-state index contributed by atoms with van der Waals surface area (Å²) >= 11 is 1.59. The van der Waals surface area contributed by atoms with E-state index in [1.165, 1.54) is 0 Å². The van der Waals surface area contributed by atoms with Gasteiger partial charge in [0.2, 0.25) is 5.91 Å². The average Bonchev–Trinajstić information content (AvgIpc) is 3.00. The van der Waals surface area contributed by atoms with E-state index in [1.54, 1.807) is 11.8 Å². The summed E-state index contributed by atoms with van der Waals surface area (Å²) in [5.74, 6) is 2.12. The first-order valence-electron chi connectivity index (χ1n) is 7.07. The Kier molecular flexibility index (Phi) is 7.03. The van der Waals surface area contributed by atoms with E-state index in [0.29, 0.717) is 12.3 Å². The third-order valence-corrected chi connectivity index (χ3v) is 4.98. The van der Waals surface area contributed by atoms with Gasteiger partial charge in [-0.1, -0.05) is 18.0 Å². The van der Waals surface area contributed by atoms with E-state index in [2.05, 4.69) is 10.5 Å². The van der Waals surface area contributed by atoms with Crippen LogP contribution in [0.1, 0.15) is 42.7 Å². The summed E-state index contributed by atoms with van der Waals surface area (Å²) in [5.41, 5.74) is 7.67. The van der Waals surface area contributed by atoms with E-state index < -0.39 is 0 Å². The Morgan fingerprint density at radius 1 is 1.43 bits per heavy atom. The Hall–Kier alpha value is -0.720. The van der Waals surface area contributed by atoms with E-state index in [0.717, 1.165) is 48.5 Å². The molecule has 0 atom stereocenters. The molecule has 3 N–H and O–H groups in total. The summed E-state index contributed by atoms with van der Waals surface area (Å²) in [4.78, 5) is 12.0. The largest absolute Gasteiger partial charge is 0.361 e. The molecular weight excluding hydrogens is 310 g/mol. The number of carbonyl (C=O) groups excluding carboxylic acids is 1. The quantitative estimate of drug-likeness (QED) is 0.835. The highest BCUT2D eigenvalue weighted by atomic mass is 35.5. The smallest absolute Gasteiger partial charge is 0.230 e. The Morgan fingerprint density at radius 3 is 2.62 bits per heavy atom. The predicted octanol–water partition coefficient (Wildman–Crippen LogP) is 2.33. The molecule has 0 aromatic carbocycles. The lowest BCUT2D eigenvalue weighted by Gasteiger charge is -2.28. The number of amides is 1. The first-order valence-corrected chi connectivity index (χ1v) is 8.22. The molecule has 1 fully saturated rings. The zero-order valence-corrected chi connectivity index (χ0v) is 14.2. The van der Waals surface area contributed by atoms with Gasteiger partial charge in [0.1, 0.15) is 5.76 Å². The van der Waals surface area contributed by atoms with Crippen molar-refractivity contribution in [2.45, 2.75) is 50.8 Å². The standard InChI is InChI=1S/C14H23N3O2S.ClH/c1-10-12(11(2)19-17-10)7-20-8-13(18)16-14(9-15)5-3-4-6-14;/h3-9,15H2,1-2H3,(H,16,18);1H. The number of thioether (sulfide) groups is 1. The molecule has 0 aliphatic heterocycles. The van der Waals surface area contributed by atoms with Crippen molar-refractivity contribution in [2.24, 2.45) is 5.73 Å². The SMILES string of the molecule is Cc1noc(C)c1CSCC(=O)NC1(CN)CCCC1.Cl. The number of nitrogens with one attached hydrogen (secondary N) is 1. The van der Waals surface area contributed by atoms with Gasteiger partial charge >= 0.3 is 0 Å². The Morgan fingerprint density at radius 2 is 2.10 bits per heavy atom. The molecule has 7 heteroatoms. The van der Waals surface area contributed by atoms with Crippen LogP contribution in [0.4, 0.5) is 0 Å². The van der Waals surface area contributed by atoms with Gasteiger partial charge in [-0.05, 0) is 26.7 Å². The van der Waals surface area contributed by atoms with Crippen molar-refractivity contribution in [3.8, 4) is 0 Å². The monoisotopic (exact) mass is 333 g/mol. The van der Waals surface area contributed by atoms with E-state index in [1.807, 2.05) is 13.8 Å². The molecule has 1 heterocycles. The lowest BCUT2D eigenvalue weighted by molar-refractivity contribution is -0.120. The number of aromatic nitrogens is 1. The van der Waals surface area contributed by atoms with Crippen molar-refractivity contribution in [1.29, 1.82) is 0 Å². The summed E-state index contributed by atoms with van der Waals surface area (Å²) in [6, 6.07) is 0. The van der Waals surface area contributed by atoms with Crippen LogP contribution in [0.25, 0.3) is 0 Å². The molecule has 2 rings (SSSR count). The van der Waals surface area contributed by atoms with Gasteiger partial charge in [0, 0.05) is 17.9 Å². The fraction of sp³-hybridized carbons (Fsp3) is 0.714. The van der Waals surface area contributed by atoms with E-state index in [-0.39, 0.29) is 23.9 Å². The summed E-state index contributed by atoms with van der Waals surface area (Å²) in [6.45, 7) is 4.36. The maximum absolute atomic E-state index is 12.0. The van der Waals surface area contributed by atoms with Crippen molar-refractivity contribution in [3.05, 3.63) is 17.0 Å². The first-order chi connectivity index (χ1) is 9.56. The van der Waals surface area contributed by atoms with Gasteiger partial charge in [0.15, 0.2) is 0 Å². The number of halogens is 1. The third kappa shape index (κ3) is 4.63. The topological polar surface area (TPSA) is 81.2 Å². The molecule has 1 saturated carbocycles. The molecule has 0 unspecified atom stereocenters. The second-order valence-electron chi connectivity index (χ2n) is 5.54. The van der Waals surface area contributed by atoms with Crippen LogP contribution in [0, 0.1) is 13.8 Å². The number of carbonyl (C=O) groups is 1. The number of aryl methyl sites for hydroxylation is 2. The zero-order chi connectivity index (χ0) is 14.6. The van der Waals surface area contributed by atoms with Crippen molar-refractivity contribution in [3.63, 3.8) is 0 Å². The predicted molar refractivity (Wildman–Crippen MR) is 87.8 cm³/mol. The van der Waals surface area contributed by atoms with Crippen LogP contribution in [0.15, 0.2) is 4.52 Å². The summed E-state index contributed by atoms with van der Waals surface area (Å²) in [6.07, 6.45) is 4.32. The summed E-state index contributed by atoms with van der Waals surface area (Å²) in [7, 11) is 0. The van der Waals surface area contributed by atoms with Gasteiger partial charge in [0.25, 0.3) is 0 Å². The first kappa shape index (κ1) is 18.3. The van der Waals surface area contributed by atoms with Crippen LogP contribution >= 0.6 is 24.2 Å². The van der Waals surface area contributed by atoms with E-state index >= 15 is 0 Å². The maximum atomic E-state index is 12.0. The van der Waals surface area contributed by atoms with Crippen LogP contribution < -0.4 is 11.1 Å². The van der Waals surface area contributed by atoms with Crippen LogP contribution in [0.2, 0.25) is 0 Å². The molecule has 0 bridgehead atoms. The average molecular weight is 334 g/mol. The molecule has 0 radical (unpaired) electrons. The van der Waals surface area contributed by atoms with Gasteiger partial charge in [0.05, 0.1) is 17.0 Å². The molecule has 1 aliphatic carbocycles. The maximum Gasteiger partial charge on any atom is 0.230 e. The highest BCUT2D eigenvalue weighted by Crippen LogP contribution is 2.28. The minimum atomic E-state index is -0.152. The highest BCUT2D eigenvalue weighted by molar-refractivity contribution is 7.99. The Labute approximate surface area is 136 Å². The molecular formula is C14H24ClN3O2S. The number of rotatable bonds is 6. The van der Waals surface area contributed by atoms with Crippen molar-refractivity contribution in [1.82, 2.24) is 10.5 Å². The fourth-order valence-corrected chi connectivity index (χ4v) is 3.69. The van der Waals surface area contributed by atoms with Gasteiger partial charge in [-0.25, -0.2) is 0 Å². The molecule has 1 aliphatic rings. The fourth-order valence-electron chi connectivity index (χ4n) is 2.72.